The average molecular weight is 263 g/mol. The molecule has 1 fully saturated rings. The predicted molar refractivity (Wildman–Crippen MR) is 73.9 cm³/mol. The molecule has 1 aromatic rings. The molecule has 104 valence electrons. The second kappa shape index (κ2) is 5.39. The topological polar surface area (TPSA) is 39.7 Å². The van der Waals surface area contributed by atoms with Crippen LogP contribution in [0.3, 0.4) is 0 Å². The summed E-state index contributed by atoms with van der Waals surface area (Å²) in [6, 6.07) is 6.64. The van der Waals surface area contributed by atoms with E-state index < -0.39 is 0 Å². The molecule has 0 bridgehead atoms. The Labute approximate surface area is 114 Å². The lowest BCUT2D eigenvalue weighted by atomic mass is 9.85. The minimum Gasteiger partial charge on any atom is -0.493 e. The van der Waals surface area contributed by atoms with Gasteiger partial charge in [0.1, 0.15) is 11.9 Å². The standard InChI is InChI=1S/C15H21NO3/c1-3-18-14-9-12(15(14)17-2)16-11-4-5-13-10(8-11)6-7-19-13/h4-5,8,12,14-16H,3,6-7,9H2,1-2H3. The van der Waals surface area contributed by atoms with Gasteiger partial charge in [-0.15, -0.1) is 0 Å². The highest BCUT2D eigenvalue weighted by atomic mass is 16.5. The summed E-state index contributed by atoms with van der Waals surface area (Å²) in [5.41, 5.74) is 2.44. The number of anilines is 1. The van der Waals surface area contributed by atoms with E-state index in [9.17, 15) is 0 Å². The highest BCUT2D eigenvalue weighted by Crippen LogP contribution is 2.32. The van der Waals surface area contributed by atoms with Crippen molar-refractivity contribution in [3.05, 3.63) is 23.8 Å². The zero-order valence-electron chi connectivity index (χ0n) is 11.5. The van der Waals surface area contributed by atoms with Gasteiger partial charge in [-0.1, -0.05) is 0 Å². The van der Waals surface area contributed by atoms with Crippen molar-refractivity contribution in [2.45, 2.75) is 38.0 Å². The third kappa shape index (κ3) is 2.42. The minimum absolute atomic E-state index is 0.143. The molecule has 0 aromatic heterocycles. The molecule has 3 atom stereocenters. The number of ether oxygens (including phenoxy) is 3. The van der Waals surface area contributed by atoms with Crippen LogP contribution in [-0.2, 0) is 15.9 Å². The molecule has 0 saturated heterocycles. The molecule has 3 rings (SSSR count). The van der Waals surface area contributed by atoms with Gasteiger partial charge in [0.25, 0.3) is 0 Å². The van der Waals surface area contributed by atoms with Crippen LogP contribution in [0.1, 0.15) is 18.9 Å². The number of nitrogens with one attached hydrogen (secondary N) is 1. The molecule has 0 amide bonds. The number of hydrogen-bond donors (Lipinski definition) is 1. The van der Waals surface area contributed by atoms with Crippen LogP contribution in [-0.4, -0.2) is 38.6 Å². The summed E-state index contributed by atoms with van der Waals surface area (Å²) in [5.74, 6) is 1.02. The lowest BCUT2D eigenvalue weighted by Crippen LogP contribution is -2.56. The SMILES string of the molecule is CCOC1CC(Nc2ccc3c(c2)CCO3)C1OC. The number of benzene rings is 1. The van der Waals surface area contributed by atoms with Crippen molar-refractivity contribution in [1.29, 1.82) is 0 Å². The van der Waals surface area contributed by atoms with E-state index in [4.69, 9.17) is 14.2 Å². The molecule has 4 heteroatoms. The van der Waals surface area contributed by atoms with Gasteiger partial charge < -0.3 is 19.5 Å². The third-order valence-corrected chi connectivity index (χ3v) is 3.94. The van der Waals surface area contributed by atoms with Gasteiger partial charge in [0.15, 0.2) is 0 Å². The molecule has 1 N–H and O–H groups in total. The average Bonchev–Trinajstić information content (AvgIpc) is 2.85. The van der Waals surface area contributed by atoms with E-state index in [1.807, 2.05) is 13.0 Å². The molecule has 0 spiro atoms. The normalized spacial score (nSPS) is 28.4. The van der Waals surface area contributed by atoms with Crippen molar-refractivity contribution in [2.75, 3.05) is 25.6 Å². The number of rotatable bonds is 5. The van der Waals surface area contributed by atoms with Gasteiger partial charge in [-0.3, -0.25) is 0 Å². The highest BCUT2D eigenvalue weighted by molar-refractivity contribution is 5.53. The first-order valence-corrected chi connectivity index (χ1v) is 6.98. The van der Waals surface area contributed by atoms with Crippen molar-refractivity contribution in [1.82, 2.24) is 0 Å². The van der Waals surface area contributed by atoms with Gasteiger partial charge in [-0.05, 0) is 37.1 Å². The van der Waals surface area contributed by atoms with Gasteiger partial charge in [0.05, 0.1) is 18.8 Å². The van der Waals surface area contributed by atoms with Crippen molar-refractivity contribution in [3.63, 3.8) is 0 Å². The number of fused-ring (bicyclic) bond motifs is 1. The van der Waals surface area contributed by atoms with Crippen LogP contribution in [0.15, 0.2) is 18.2 Å². The van der Waals surface area contributed by atoms with E-state index in [-0.39, 0.29) is 12.2 Å². The van der Waals surface area contributed by atoms with Crippen LogP contribution < -0.4 is 10.1 Å². The van der Waals surface area contributed by atoms with Crippen molar-refractivity contribution >= 4 is 5.69 Å². The maximum atomic E-state index is 5.64. The molecule has 2 aliphatic rings. The molecule has 3 unspecified atom stereocenters. The Hall–Kier alpha value is -1.26. The summed E-state index contributed by atoms with van der Waals surface area (Å²) in [6.07, 6.45) is 2.37. The van der Waals surface area contributed by atoms with Crippen LogP contribution in [0, 0.1) is 0 Å². The molecule has 4 nitrogen and oxygen atoms in total. The van der Waals surface area contributed by atoms with E-state index in [0.29, 0.717) is 6.04 Å². The summed E-state index contributed by atoms with van der Waals surface area (Å²) in [5, 5.41) is 3.54. The summed E-state index contributed by atoms with van der Waals surface area (Å²) in [4.78, 5) is 0. The molecule has 19 heavy (non-hydrogen) atoms. The van der Waals surface area contributed by atoms with Gasteiger partial charge in [0.2, 0.25) is 0 Å². The van der Waals surface area contributed by atoms with Gasteiger partial charge in [-0.25, -0.2) is 0 Å². The van der Waals surface area contributed by atoms with E-state index >= 15 is 0 Å². The quantitative estimate of drug-likeness (QED) is 0.884. The molecule has 1 heterocycles. The zero-order valence-corrected chi connectivity index (χ0v) is 11.5. The zero-order chi connectivity index (χ0) is 13.2. The minimum atomic E-state index is 0.143. The van der Waals surface area contributed by atoms with Crippen LogP contribution in [0.25, 0.3) is 0 Å². The first-order chi connectivity index (χ1) is 9.31. The van der Waals surface area contributed by atoms with E-state index in [1.165, 1.54) is 5.56 Å². The fourth-order valence-electron chi connectivity index (χ4n) is 2.91. The second-order valence-corrected chi connectivity index (χ2v) is 5.10. The Balaban J connectivity index is 1.63. The maximum Gasteiger partial charge on any atom is 0.122 e. The van der Waals surface area contributed by atoms with Gasteiger partial charge >= 0.3 is 0 Å². The molecule has 1 saturated carbocycles. The van der Waals surface area contributed by atoms with Crippen molar-refractivity contribution < 1.29 is 14.2 Å². The van der Waals surface area contributed by atoms with Gasteiger partial charge in [-0.2, -0.15) is 0 Å². The molecule has 1 aliphatic heterocycles. The van der Waals surface area contributed by atoms with Crippen molar-refractivity contribution in [2.24, 2.45) is 0 Å². The lowest BCUT2D eigenvalue weighted by molar-refractivity contribution is -0.118. The molecular weight excluding hydrogens is 242 g/mol. The summed E-state index contributed by atoms with van der Waals surface area (Å²) < 4.78 is 16.7. The highest BCUT2D eigenvalue weighted by Gasteiger charge is 2.42. The monoisotopic (exact) mass is 263 g/mol. The summed E-state index contributed by atoms with van der Waals surface area (Å²) >= 11 is 0. The Morgan fingerprint density at radius 2 is 2.32 bits per heavy atom. The Morgan fingerprint density at radius 3 is 3.11 bits per heavy atom. The maximum absolute atomic E-state index is 5.64. The summed E-state index contributed by atoms with van der Waals surface area (Å²) in [6.45, 7) is 3.57. The second-order valence-electron chi connectivity index (χ2n) is 5.10. The first-order valence-electron chi connectivity index (χ1n) is 6.98. The Kier molecular flexibility index (Phi) is 3.62. The molecule has 0 radical (unpaired) electrons. The van der Waals surface area contributed by atoms with Crippen molar-refractivity contribution in [3.8, 4) is 5.75 Å². The van der Waals surface area contributed by atoms with Crippen LogP contribution >= 0.6 is 0 Å². The van der Waals surface area contributed by atoms with E-state index in [0.717, 1.165) is 37.5 Å². The molecule has 1 aliphatic carbocycles. The van der Waals surface area contributed by atoms with E-state index in [1.54, 1.807) is 7.11 Å². The Morgan fingerprint density at radius 1 is 1.42 bits per heavy atom. The molecule has 1 aromatic carbocycles. The third-order valence-electron chi connectivity index (χ3n) is 3.94. The molecular formula is C15H21NO3. The largest absolute Gasteiger partial charge is 0.493 e. The van der Waals surface area contributed by atoms with Crippen LogP contribution in [0.4, 0.5) is 5.69 Å². The fourth-order valence-corrected chi connectivity index (χ4v) is 2.91. The predicted octanol–water partition coefficient (Wildman–Crippen LogP) is 2.23. The smallest absolute Gasteiger partial charge is 0.122 e. The Bertz CT molecular complexity index is 449. The number of methoxy groups -OCH3 is 1. The first kappa shape index (κ1) is 12.8. The van der Waals surface area contributed by atoms with Crippen LogP contribution in [0.2, 0.25) is 0 Å². The van der Waals surface area contributed by atoms with E-state index in [2.05, 4.69) is 17.4 Å². The summed E-state index contributed by atoms with van der Waals surface area (Å²) in [7, 11) is 1.75. The van der Waals surface area contributed by atoms with Crippen LogP contribution in [0.5, 0.6) is 5.75 Å². The van der Waals surface area contributed by atoms with Gasteiger partial charge in [0, 0.05) is 25.8 Å². The lowest BCUT2D eigenvalue weighted by Gasteiger charge is -2.43. The number of hydrogen-bond acceptors (Lipinski definition) is 4. The fraction of sp³-hybridized carbons (Fsp3) is 0.600.